The van der Waals surface area contributed by atoms with Gasteiger partial charge in [0.2, 0.25) is 0 Å². The molecular weight excluding hydrogens is 504 g/mol. The van der Waals surface area contributed by atoms with Crippen molar-refractivity contribution >= 4 is 44.1 Å². The number of aliphatic hydroxyl groups excluding tert-OH is 1. The van der Waals surface area contributed by atoms with Crippen molar-refractivity contribution in [2.75, 3.05) is 25.2 Å². The Morgan fingerprint density at radius 1 is 0.974 bits per heavy atom. The van der Waals surface area contributed by atoms with Gasteiger partial charge in [0, 0.05) is 5.56 Å². The number of rotatable bonds is 8. The van der Waals surface area contributed by atoms with Crippen LogP contribution in [0.15, 0.2) is 72.3 Å². The second-order valence-corrected chi connectivity index (χ2v) is 9.45. The molecule has 2 heterocycles. The molecule has 0 bridgehead atoms. The van der Waals surface area contributed by atoms with Gasteiger partial charge in [-0.3, -0.25) is 14.5 Å². The number of hydrogen-bond donors (Lipinski definition) is 1. The molecule has 5 rings (SSSR count). The fraction of sp³-hybridized carbons (Fsp3) is 0.207. The van der Waals surface area contributed by atoms with Crippen LogP contribution < -0.4 is 19.1 Å². The standard InChI is InChI=1S/C29H26N2O6S/c1-4-36-21-14-11-18(15-22(21)37-5-2)25-24(26(32)17-9-7-6-8-10-17)27(33)28(34)31(25)29-30-20-13-12-19(35-3)16-23(20)38-29/h6-16,25,32H,4-5H2,1-3H3. The van der Waals surface area contributed by atoms with E-state index in [9.17, 15) is 14.7 Å². The smallest absolute Gasteiger partial charge is 0.301 e. The van der Waals surface area contributed by atoms with E-state index in [1.54, 1.807) is 61.7 Å². The lowest BCUT2D eigenvalue weighted by atomic mass is 9.95. The molecule has 38 heavy (non-hydrogen) atoms. The molecule has 1 amide bonds. The zero-order chi connectivity index (χ0) is 26.8. The molecule has 1 unspecified atom stereocenters. The van der Waals surface area contributed by atoms with Crippen molar-refractivity contribution in [2.45, 2.75) is 19.9 Å². The van der Waals surface area contributed by atoms with Gasteiger partial charge >= 0.3 is 5.91 Å². The Morgan fingerprint density at radius 3 is 2.42 bits per heavy atom. The van der Waals surface area contributed by atoms with Crippen molar-refractivity contribution in [1.82, 2.24) is 4.98 Å². The normalized spacial score (nSPS) is 16.7. The summed E-state index contributed by atoms with van der Waals surface area (Å²) in [7, 11) is 1.58. The van der Waals surface area contributed by atoms with Gasteiger partial charge in [-0.25, -0.2) is 4.98 Å². The minimum absolute atomic E-state index is 0.0235. The molecule has 8 nitrogen and oxygen atoms in total. The minimum atomic E-state index is -0.937. The molecule has 9 heteroatoms. The third-order valence-electron chi connectivity index (χ3n) is 6.17. The average Bonchev–Trinajstić information content (AvgIpc) is 3.47. The zero-order valence-electron chi connectivity index (χ0n) is 21.1. The first-order valence-electron chi connectivity index (χ1n) is 12.2. The summed E-state index contributed by atoms with van der Waals surface area (Å²) in [5, 5.41) is 11.6. The minimum Gasteiger partial charge on any atom is -0.507 e. The SMILES string of the molecule is CCOc1ccc(C2C(=C(O)c3ccccc3)C(=O)C(=O)N2c2nc3ccc(OC)cc3s2)cc1OCC. The van der Waals surface area contributed by atoms with Crippen LogP contribution in [-0.4, -0.2) is 42.1 Å². The van der Waals surface area contributed by atoms with Crippen molar-refractivity contribution in [2.24, 2.45) is 0 Å². The number of fused-ring (bicyclic) bond motifs is 1. The highest BCUT2D eigenvalue weighted by molar-refractivity contribution is 7.22. The van der Waals surface area contributed by atoms with E-state index in [2.05, 4.69) is 4.98 Å². The number of hydrogen-bond acceptors (Lipinski definition) is 8. The molecular formula is C29H26N2O6S. The average molecular weight is 531 g/mol. The van der Waals surface area contributed by atoms with E-state index < -0.39 is 17.7 Å². The highest BCUT2D eigenvalue weighted by Crippen LogP contribution is 2.46. The van der Waals surface area contributed by atoms with Gasteiger partial charge in [-0.2, -0.15) is 0 Å². The van der Waals surface area contributed by atoms with Gasteiger partial charge in [0.1, 0.15) is 11.5 Å². The highest BCUT2D eigenvalue weighted by Gasteiger charge is 2.48. The number of benzene rings is 3. The molecule has 0 aliphatic carbocycles. The molecule has 1 aliphatic heterocycles. The second-order valence-electron chi connectivity index (χ2n) is 8.44. The fourth-order valence-electron chi connectivity index (χ4n) is 4.46. The van der Waals surface area contributed by atoms with Crippen LogP contribution >= 0.6 is 11.3 Å². The summed E-state index contributed by atoms with van der Waals surface area (Å²) in [6, 6.07) is 18.4. The highest BCUT2D eigenvalue weighted by atomic mass is 32.1. The molecule has 0 spiro atoms. The monoisotopic (exact) mass is 530 g/mol. The largest absolute Gasteiger partial charge is 0.507 e. The number of thiazole rings is 1. The number of Topliss-reactive ketones (excluding diaryl/α,β-unsaturated/α-hetero) is 1. The number of ether oxygens (including phenoxy) is 3. The van der Waals surface area contributed by atoms with Crippen molar-refractivity contribution in [1.29, 1.82) is 0 Å². The van der Waals surface area contributed by atoms with E-state index in [-0.39, 0.29) is 11.3 Å². The molecule has 1 atom stereocenters. The van der Waals surface area contributed by atoms with Gasteiger partial charge < -0.3 is 19.3 Å². The Kier molecular flexibility index (Phi) is 7.02. The molecule has 0 saturated carbocycles. The Balaban J connectivity index is 1.72. The van der Waals surface area contributed by atoms with Crippen LogP contribution in [0, 0.1) is 0 Å². The van der Waals surface area contributed by atoms with Crippen LogP contribution in [0.1, 0.15) is 31.0 Å². The summed E-state index contributed by atoms with van der Waals surface area (Å²) >= 11 is 1.27. The van der Waals surface area contributed by atoms with Crippen LogP contribution in [0.5, 0.6) is 17.2 Å². The number of carbonyl (C=O) groups excluding carboxylic acids is 2. The maximum absolute atomic E-state index is 13.5. The van der Waals surface area contributed by atoms with Gasteiger partial charge in [0.25, 0.3) is 5.78 Å². The van der Waals surface area contributed by atoms with E-state index in [0.29, 0.717) is 52.2 Å². The first-order chi connectivity index (χ1) is 18.5. The van der Waals surface area contributed by atoms with Gasteiger partial charge in [-0.05, 0) is 49.7 Å². The molecule has 1 aliphatic rings. The molecule has 3 aromatic carbocycles. The van der Waals surface area contributed by atoms with Crippen LogP contribution in [-0.2, 0) is 9.59 Å². The molecule has 4 aromatic rings. The fourth-order valence-corrected chi connectivity index (χ4v) is 5.48. The van der Waals surface area contributed by atoms with Crippen LogP contribution in [0.2, 0.25) is 0 Å². The van der Waals surface area contributed by atoms with E-state index in [1.807, 2.05) is 26.0 Å². The van der Waals surface area contributed by atoms with Crippen LogP contribution in [0.3, 0.4) is 0 Å². The van der Waals surface area contributed by atoms with Gasteiger partial charge in [-0.1, -0.05) is 47.7 Å². The van der Waals surface area contributed by atoms with E-state index in [1.165, 1.54) is 16.2 Å². The summed E-state index contributed by atoms with van der Waals surface area (Å²) in [6.45, 7) is 4.58. The predicted molar refractivity (Wildman–Crippen MR) is 146 cm³/mol. The quantitative estimate of drug-likeness (QED) is 0.177. The molecule has 1 N–H and O–H groups in total. The number of carbonyl (C=O) groups is 2. The lowest BCUT2D eigenvalue weighted by Gasteiger charge is -2.24. The van der Waals surface area contributed by atoms with Crippen molar-refractivity contribution in [3.63, 3.8) is 0 Å². The first-order valence-corrected chi connectivity index (χ1v) is 13.0. The summed E-state index contributed by atoms with van der Waals surface area (Å²) < 4.78 is 17.7. The Labute approximate surface area is 223 Å². The van der Waals surface area contributed by atoms with Crippen molar-refractivity contribution in [3.05, 3.63) is 83.4 Å². The number of ketones is 1. The lowest BCUT2D eigenvalue weighted by Crippen LogP contribution is -2.29. The molecule has 0 radical (unpaired) electrons. The van der Waals surface area contributed by atoms with Crippen LogP contribution in [0.25, 0.3) is 16.0 Å². The van der Waals surface area contributed by atoms with Crippen molar-refractivity contribution in [3.8, 4) is 17.2 Å². The Hall–Kier alpha value is -4.37. The summed E-state index contributed by atoms with van der Waals surface area (Å²) in [6.07, 6.45) is 0. The zero-order valence-corrected chi connectivity index (χ0v) is 22.0. The van der Waals surface area contributed by atoms with Gasteiger partial charge in [0.05, 0.1) is 42.2 Å². The topological polar surface area (TPSA) is 98.2 Å². The maximum atomic E-state index is 13.5. The molecule has 194 valence electrons. The van der Waals surface area contributed by atoms with Gasteiger partial charge in [-0.15, -0.1) is 0 Å². The number of nitrogens with zero attached hydrogens (tertiary/aromatic N) is 2. The number of amides is 1. The van der Waals surface area contributed by atoms with Crippen LogP contribution in [0.4, 0.5) is 5.13 Å². The third kappa shape index (κ3) is 4.45. The number of methoxy groups -OCH3 is 1. The van der Waals surface area contributed by atoms with E-state index >= 15 is 0 Å². The second kappa shape index (κ2) is 10.5. The van der Waals surface area contributed by atoms with E-state index in [4.69, 9.17) is 14.2 Å². The number of aliphatic hydroxyl groups is 1. The van der Waals surface area contributed by atoms with E-state index in [0.717, 1.165) is 4.70 Å². The summed E-state index contributed by atoms with van der Waals surface area (Å²) in [4.78, 5) is 33.0. The predicted octanol–water partition coefficient (Wildman–Crippen LogP) is 5.73. The summed E-state index contributed by atoms with van der Waals surface area (Å²) in [5.41, 5.74) is 1.65. The molecule has 1 fully saturated rings. The molecule has 1 saturated heterocycles. The van der Waals surface area contributed by atoms with Gasteiger partial charge in [0.15, 0.2) is 16.6 Å². The lowest BCUT2D eigenvalue weighted by molar-refractivity contribution is -0.132. The van der Waals surface area contributed by atoms with Crippen molar-refractivity contribution < 1.29 is 28.9 Å². The molecule has 1 aromatic heterocycles. The number of anilines is 1. The third-order valence-corrected chi connectivity index (χ3v) is 7.18. The first kappa shape index (κ1) is 25.3. The maximum Gasteiger partial charge on any atom is 0.301 e. The summed E-state index contributed by atoms with van der Waals surface area (Å²) in [5.74, 6) is -0.143. The number of aromatic nitrogens is 1. The Bertz CT molecular complexity index is 1550. The Morgan fingerprint density at radius 2 is 1.71 bits per heavy atom.